The molecule has 1 unspecified atom stereocenters. The molecule has 0 aromatic heterocycles. The van der Waals surface area contributed by atoms with E-state index in [0.717, 1.165) is 6.42 Å². The Hall–Kier alpha value is -1.79. The molecule has 0 saturated carbocycles. The lowest BCUT2D eigenvalue weighted by Crippen LogP contribution is -2.22. The van der Waals surface area contributed by atoms with Crippen molar-refractivity contribution >= 4 is 0 Å². The van der Waals surface area contributed by atoms with Crippen LogP contribution in [0.3, 0.4) is 0 Å². The predicted molar refractivity (Wildman–Crippen MR) is 51.9 cm³/mol. The van der Waals surface area contributed by atoms with Gasteiger partial charge < -0.3 is 4.84 Å². The molecule has 0 fully saturated rings. The van der Waals surface area contributed by atoms with Crippen molar-refractivity contribution in [1.29, 1.82) is 5.26 Å². The van der Waals surface area contributed by atoms with Gasteiger partial charge in [-0.1, -0.05) is 30.3 Å². The minimum absolute atomic E-state index is 0.104. The average Bonchev–Trinajstić information content (AvgIpc) is 2.67. The molecule has 3 heteroatoms. The first-order valence-electron chi connectivity index (χ1n) is 4.47. The third-order valence-corrected chi connectivity index (χ3v) is 2.08. The van der Waals surface area contributed by atoms with E-state index in [4.69, 9.17) is 10.1 Å². The average molecular weight is 186 g/mol. The fraction of sp³-hybridized carbons (Fsp3) is 0.182. The number of benzene rings is 1. The summed E-state index contributed by atoms with van der Waals surface area (Å²) in [4.78, 5) is 4.94. The minimum atomic E-state index is 0.104. The van der Waals surface area contributed by atoms with E-state index < -0.39 is 0 Å². The van der Waals surface area contributed by atoms with Gasteiger partial charge in [-0.15, -0.1) is 5.48 Å². The van der Waals surface area contributed by atoms with Crippen molar-refractivity contribution in [2.24, 2.45) is 0 Å². The van der Waals surface area contributed by atoms with E-state index in [0.29, 0.717) is 5.76 Å². The summed E-state index contributed by atoms with van der Waals surface area (Å²) in [5.41, 5.74) is 4.02. The molecule has 14 heavy (non-hydrogen) atoms. The zero-order valence-electron chi connectivity index (χ0n) is 7.60. The molecule has 3 nitrogen and oxygen atoms in total. The van der Waals surface area contributed by atoms with Crippen LogP contribution in [0.2, 0.25) is 0 Å². The predicted octanol–water partition coefficient (Wildman–Crippen LogP) is 1.54. The Morgan fingerprint density at radius 3 is 2.79 bits per heavy atom. The highest BCUT2D eigenvalue weighted by Gasteiger charge is 2.16. The second-order valence-corrected chi connectivity index (χ2v) is 3.16. The van der Waals surface area contributed by atoms with Gasteiger partial charge in [0.2, 0.25) is 5.76 Å². The summed E-state index contributed by atoms with van der Waals surface area (Å²) in [6, 6.07) is 12.2. The Bertz CT molecular complexity index is 378. The van der Waals surface area contributed by atoms with Gasteiger partial charge in [0.25, 0.3) is 0 Å². The number of allylic oxidation sites excluding steroid dienone is 1. The van der Waals surface area contributed by atoms with Crippen LogP contribution in [0, 0.1) is 11.3 Å². The molecule has 1 aliphatic heterocycles. The lowest BCUT2D eigenvalue weighted by Gasteiger charge is -2.06. The first kappa shape index (κ1) is 8.79. The number of hydrogen-bond acceptors (Lipinski definition) is 3. The zero-order valence-corrected chi connectivity index (χ0v) is 7.60. The SMILES string of the molecule is N#CC1=CC(Cc2ccccc2)NO1. The maximum Gasteiger partial charge on any atom is 0.221 e. The third kappa shape index (κ3) is 1.93. The first-order chi connectivity index (χ1) is 6.88. The molecule has 1 N–H and O–H groups in total. The van der Waals surface area contributed by atoms with E-state index in [1.54, 1.807) is 6.08 Å². The van der Waals surface area contributed by atoms with Crippen molar-refractivity contribution in [3.8, 4) is 6.07 Å². The molecule has 0 amide bonds. The Labute approximate surface area is 82.6 Å². The van der Waals surface area contributed by atoms with Crippen LogP contribution in [0.25, 0.3) is 0 Å². The Morgan fingerprint density at radius 2 is 2.14 bits per heavy atom. The van der Waals surface area contributed by atoms with Crippen LogP contribution in [0.1, 0.15) is 5.56 Å². The zero-order chi connectivity index (χ0) is 9.80. The van der Waals surface area contributed by atoms with Crippen LogP contribution in [-0.4, -0.2) is 6.04 Å². The van der Waals surface area contributed by atoms with Gasteiger partial charge in [0, 0.05) is 0 Å². The van der Waals surface area contributed by atoms with E-state index in [1.807, 2.05) is 24.3 Å². The first-order valence-corrected chi connectivity index (χ1v) is 4.47. The van der Waals surface area contributed by atoms with Crippen LogP contribution < -0.4 is 5.48 Å². The van der Waals surface area contributed by atoms with Gasteiger partial charge in [-0.2, -0.15) is 5.26 Å². The van der Waals surface area contributed by atoms with Crippen molar-refractivity contribution in [3.63, 3.8) is 0 Å². The number of nitrogens with one attached hydrogen (secondary N) is 1. The largest absolute Gasteiger partial charge is 0.397 e. The van der Waals surface area contributed by atoms with Gasteiger partial charge in [-0.25, -0.2) is 0 Å². The molecule has 2 rings (SSSR count). The molecule has 0 bridgehead atoms. The lowest BCUT2D eigenvalue weighted by molar-refractivity contribution is 0.126. The normalized spacial score (nSPS) is 19.6. The van der Waals surface area contributed by atoms with Crippen molar-refractivity contribution in [3.05, 3.63) is 47.7 Å². The van der Waals surface area contributed by atoms with Gasteiger partial charge in [0.1, 0.15) is 6.07 Å². The summed E-state index contributed by atoms with van der Waals surface area (Å²) in [7, 11) is 0. The number of hydrogen-bond donors (Lipinski definition) is 1. The molecule has 0 spiro atoms. The molecule has 0 radical (unpaired) electrons. The van der Waals surface area contributed by atoms with Gasteiger partial charge in [0.15, 0.2) is 0 Å². The van der Waals surface area contributed by atoms with E-state index in [9.17, 15) is 0 Å². The van der Waals surface area contributed by atoms with E-state index in [-0.39, 0.29) is 6.04 Å². The highest BCUT2D eigenvalue weighted by molar-refractivity contribution is 5.23. The monoisotopic (exact) mass is 186 g/mol. The van der Waals surface area contributed by atoms with E-state index in [1.165, 1.54) is 5.56 Å². The number of nitriles is 1. The number of hydroxylamine groups is 1. The number of nitrogens with zero attached hydrogens (tertiary/aromatic N) is 1. The molecule has 1 aromatic carbocycles. The van der Waals surface area contributed by atoms with Crippen LogP contribution in [0.15, 0.2) is 42.2 Å². The molecule has 0 aliphatic carbocycles. The minimum Gasteiger partial charge on any atom is -0.397 e. The summed E-state index contributed by atoms with van der Waals surface area (Å²) < 4.78 is 0. The molecule has 1 aromatic rings. The fourth-order valence-corrected chi connectivity index (χ4v) is 1.42. The van der Waals surface area contributed by atoms with Gasteiger partial charge in [-0.05, 0) is 18.1 Å². The maximum absolute atomic E-state index is 8.57. The van der Waals surface area contributed by atoms with Gasteiger partial charge >= 0.3 is 0 Å². The third-order valence-electron chi connectivity index (χ3n) is 2.08. The highest BCUT2D eigenvalue weighted by Crippen LogP contribution is 2.11. The molecule has 1 heterocycles. The quantitative estimate of drug-likeness (QED) is 0.762. The van der Waals surface area contributed by atoms with Crippen LogP contribution >= 0.6 is 0 Å². The van der Waals surface area contributed by atoms with Crippen LogP contribution in [0.5, 0.6) is 0 Å². The van der Waals surface area contributed by atoms with E-state index >= 15 is 0 Å². The topological polar surface area (TPSA) is 45.0 Å². The summed E-state index contributed by atoms with van der Waals surface area (Å²) in [5, 5.41) is 8.57. The summed E-state index contributed by atoms with van der Waals surface area (Å²) in [6.07, 6.45) is 2.64. The Balaban J connectivity index is 2.01. The van der Waals surface area contributed by atoms with Gasteiger partial charge in [0.05, 0.1) is 6.04 Å². The standard InChI is InChI=1S/C11H10N2O/c12-8-11-7-10(13-14-11)6-9-4-2-1-3-5-9/h1-5,7,10,13H,6H2. The molecule has 1 aliphatic rings. The molecule has 1 atom stereocenters. The molecule has 70 valence electrons. The summed E-state index contributed by atoms with van der Waals surface area (Å²) >= 11 is 0. The lowest BCUT2D eigenvalue weighted by atomic mass is 10.1. The van der Waals surface area contributed by atoms with Crippen molar-refractivity contribution in [2.75, 3.05) is 0 Å². The second-order valence-electron chi connectivity index (χ2n) is 3.16. The van der Waals surface area contributed by atoms with Crippen LogP contribution in [0.4, 0.5) is 0 Å². The smallest absolute Gasteiger partial charge is 0.221 e. The highest BCUT2D eigenvalue weighted by atomic mass is 16.7. The number of rotatable bonds is 2. The fourth-order valence-electron chi connectivity index (χ4n) is 1.42. The molecular formula is C11H10N2O. The van der Waals surface area contributed by atoms with Crippen LogP contribution in [-0.2, 0) is 11.3 Å². The van der Waals surface area contributed by atoms with E-state index in [2.05, 4.69) is 17.6 Å². The maximum atomic E-state index is 8.57. The van der Waals surface area contributed by atoms with Gasteiger partial charge in [-0.3, -0.25) is 0 Å². The van der Waals surface area contributed by atoms with Crippen molar-refractivity contribution < 1.29 is 4.84 Å². The second kappa shape index (κ2) is 3.95. The summed E-state index contributed by atoms with van der Waals surface area (Å²) in [6.45, 7) is 0. The Kier molecular flexibility index (Phi) is 2.48. The Morgan fingerprint density at radius 1 is 1.36 bits per heavy atom. The molecular weight excluding hydrogens is 176 g/mol. The summed E-state index contributed by atoms with van der Waals surface area (Å²) in [5.74, 6) is 0.353. The van der Waals surface area contributed by atoms with Crippen molar-refractivity contribution in [2.45, 2.75) is 12.5 Å². The van der Waals surface area contributed by atoms with Crippen molar-refractivity contribution in [1.82, 2.24) is 5.48 Å². The molecule has 0 saturated heterocycles.